The van der Waals surface area contributed by atoms with Crippen LogP contribution in [0.3, 0.4) is 0 Å². The van der Waals surface area contributed by atoms with Gasteiger partial charge in [-0.2, -0.15) is 0 Å². The van der Waals surface area contributed by atoms with Crippen LogP contribution in [0.1, 0.15) is 39.8 Å². The fourth-order valence-corrected chi connectivity index (χ4v) is 3.19. The van der Waals surface area contributed by atoms with Crippen LogP contribution in [0, 0.1) is 11.8 Å². The minimum absolute atomic E-state index is 0.0253. The zero-order chi connectivity index (χ0) is 17.5. The molecule has 1 aromatic heterocycles. The number of aromatic nitrogens is 1. The van der Waals surface area contributed by atoms with Crippen molar-refractivity contribution in [1.29, 1.82) is 0 Å². The lowest BCUT2D eigenvalue weighted by Crippen LogP contribution is -2.43. The lowest BCUT2D eigenvalue weighted by Gasteiger charge is -2.25. The molecule has 0 radical (unpaired) electrons. The summed E-state index contributed by atoms with van der Waals surface area (Å²) in [6.45, 7) is 13.0. The van der Waals surface area contributed by atoms with Gasteiger partial charge in [0.15, 0.2) is 0 Å². The minimum Gasteiger partial charge on any atom is -0.338 e. The van der Waals surface area contributed by atoms with Gasteiger partial charge in [0.1, 0.15) is 0 Å². The monoisotopic (exact) mass is 332 g/mol. The van der Waals surface area contributed by atoms with Crippen molar-refractivity contribution in [1.82, 2.24) is 20.1 Å². The van der Waals surface area contributed by atoms with Gasteiger partial charge in [-0.05, 0) is 50.8 Å². The predicted octanol–water partition coefficient (Wildman–Crippen LogP) is 2.98. The van der Waals surface area contributed by atoms with E-state index in [4.69, 9.17) is 0 Å². The summed E-state index contributed by atoms with van der Waals surface area (Å²) in [5, 5.41) is 3.14. The average molecular weight is 332 g/mol. The molecule has 0 spiro atoms. The smallest absolute Gasteiger partial charge is 0.317 e. The highest BCUT2D eigenvalue weighted by molar-refractivity contribution is 5.74. The van der Waals surface area contributed by atoms with Gasteiger partial charge < -0.3 is 15.1 Å². The van der Waals surface area contributed by atoms with Gasteiger partial charge in [0.05, 0.1) is 12.2 Å². The number of rotatable bonds is 7. The molecule has 0 aliphatic carbocycles. The van der Waals surface area contributed by atoms with Gasteiger partial charge in [-0.3, -0.25) is 4.98 Å². The second-order valence-electron chi connectivity index (χ2n) is 7.52. The summed E-state index contributed by atoms with van der Waals surface area (Å²) in [4.78, 5) is 21.3. The highest BCUT2D eigenvalue weighted by atomic mass is 16.2. The summed E-state index contributed by atoms with van der Waals surface area (Å²) in [5.41, 5.74) is 0.931. The van der Waals surface area contributed by atoms with Gasteiger partial charge >= 0.3 is 6.03 Å². The summed E-state index contributed by atoms with van der Waals surface area (Å²) in [5.74, 6) is 0.995. The maximum absolute atomic E-state index is 12.6. The summed E-state index contributed by atoms with van der Waals surface area (Å²) >= 11 is 0. The lowest BCUT2D eigenvalue weighted by molar-refractivity contribution is 0.185. The third-order valence-corrected chi connectivity index (χ3v) is 4.54. The van der Waals surface area contributed by atoms with E-state index in [-0.39, 0.29) is 6.03 Å². The number of hydrogen-bond donors (Lipinski definition) is 1. The van der Waals surface area contributed by atoms with E-state index in [0.717, 1.165) is 31.9 Å². The Hall–Kier alpha value is -1.62. The minimum atomic E-state index is 0.0253. The van der Waals surface area contributed by atoms with Crippen LogP contribution >= 0.6 is 0 Å². The normalized spacial score (nSPS) is 18.3. The number of carbonyl (C=O) groups excluding carboxylic acids is 1. The summed E-state index contributed by atoms with van der Waals surface area (Å²) in [7, 11) is 0. The summed E-state index contributed by atoms with van der Waals surface area (Å²) < 4.78 is 0. The molecule has 0 saturated carbocycles. The first kappa shape index (κ1) is 18.7. The van der Waals surface area contributed by atoms with Gasteiger partial charge in [0, 0.05) is 31.9 Å². The van der Waals surface area contributed by atoms with E-state index >= 15 is 0 Å². The largest absolute Gasteiger partial charge is 0.338 e. The van der Waals surface area contributed by atoms with Crippen LogP contribution in [-0.4, -0.2) is 53.0 Å². The van der Waals surface area contributed by atoms with Gasteiger partial charge in [0.25, 0.3) is 0 Å². The molecule has 1 saturated heterocycles. The second kappa shape index (κ2) is 9.02. The van der Waals surface area contributed by atoms with E-state index in [2.05, 4.69) is 42.9 Å². The number of nitrogens with one attached hydrogen (secondary N) is 1. The molecule has 134 valence electrons. The number of nitrogens with zero attached hydrogens (tertiary/aromatic N) is 3. The Morgan fingerprint density at radius 2 is 2.17 bits per heavy atom. The molecule has 5 heteroatoms. The van der Waals surface area contributed by atoms with Crippen LogP contribution < -0.4 is 5.32 Å². The zero-order valence-electron chi connectivity index (χ0n) is 15.5. The molecule has 0 aromatic carbocycles. The first-order valence-electron chi connectivity index (χ1n) is 9.12. The fraction of sp³-hybridized carbons (Fsp3) is 0.684. The molecule has 2 heterocycles. The van der Waals surface area contributed by atoms with E-state index in [1.807, 2.05) is 23.1 Å². The Morgan fingerprint density at radius 3 is 2.75 bits per heavy atom. The molecular weight excluding hydrogens is 300 g/mol. The van der Waals surface area contributed by atoms with Crippen LogP contribution in [0.15, 0.2) is 24.4 Å². The van der Waals surface area contributed by atoms with Crippen molar-refractivity contribution in [2.45, 2.75) is 46.7 Å². The topological polar surface area (TPSA) is 48.5 Å². The molecule has 24 heavy (non-hydrogen) atoms. The number of carbonyl (C=O) groups is 1. The highest BCUT2D eigenvalue weighted by Gasteiger charge is 2.25. The number of likely N-dealkylation sites (tertiary alicyclic amines) is 1. The molecular formula is C19H32N4O. The molecule has 2 rings (SSSR count). The Kier molecular flexibility index (Phi) is 7.03. The molecule has 1 aromatic rings. The van der Waals surface area contributed by atoms with E-state index in [1.54, 1.807) is 6.20 Å². The molecule has 1 atom stereocenters. The van der Waals surface area contributed by atoms with Crippen molar-refractivity contribution >= 4 is 6.03 Å². The van der Waals surface area contributed by atoms with Gasteiger partial charge in [-0.15, -0.1) is 0 Å². The lowest BCUT2D eigenvalue weighted by atomic mass is 10.1. The quantitative estimate of drug-likeness (QED) is 0.835. The van der Waals surface area contributed by atoms with Gasteiger partial charge in [-0.25, -0.2) is 4.79 Å². The highest BCUT2D eigenvalue weighted by Crippen LogP contribution is 2.17. The number of pyridine rings is 1. The molecule has 1 aliphatic rings. The van der Waals surface area contributed by atoms with Crippen molar-refractivity contribution in [3.05, 3.63) is 30.1 Å². The van der Waals surface area contributed by atoms with E-state index in [9.17, 15) is 4.79 Å². The maximum atomic E-state index is 12.6. The molecule has 1 aliphatic heterocycles. The third kappa shape index (κ3) is 5.78. The van der Waals surface area contributed by atoms with E-state index < -0.39 is 0 Å². The molecule has 2 amide bonds. The first-order chi connectivity index (χ1) is 11.5. The SMILES string of the molecule is CC(C)CN(Cc1ccccn1)C(=O)NC[C@H]1CCN(C(C)C)C1. The maximum Gasteiger partial charge on any atom is 0.317 e. The van der Waals surface area contributed by atoms with Crippen molar-refractivity contribution < 1.29 is 4.79 Å². The summed E-state index contributed by atoms with van der Waals surface area (Å²) in [6, 6.07) is 6.45. The number of hydrogen-bond acceptors (Lipinski definition) is 3. The van der Waals surface area contributed by atoms with Crippen LogP contribution in [0.25, 0.3) is 0 Å². The number of amides is 2. The molecule has 0 unspecified atom stereocenters. The molecule has 1 N–H and O–H groups in total. The standard InChI is InChI=1S/C19H32N4O/c1-15(2)12-23(14-18-7-5-6-9-20-18)19(24)21-11-17-8-10-22(13-17)16(3)4/h5-7,9,15-17H,8,10-14H2,1-4H3,(H,21,24)/t17-/m1/s1. The first-order valence-corrected chi connectivity index (χ1v) is 9.12. The Balaban J connectivity index is 1.86. The second-order valence-corrected chi connectivity index (χ2v) is 7.52. The summed E-state index contributed by atoms with van der Waals surface area (Å²) in [6.07, 6.45) is 2.95. The molecule has 0 bridgehead atoms. The van der Waals surface area contributed by atoms with Crippen molar-refractivity contribution in [2.24, 2.45) is 11.8 Å². The van der Waals surface area contributed by atoms with Crippen molar-refractivity contribution in [3.63, 3.8) is 0 Å². The zero-order valence-corrected chi connectivity index (χ0v) is 15.5. The van der Waals surface area contributed by atoms with Crippen molar-refractivity contribution in [3.8, 4) is 0 Å². The van der Waals surface area contributed by atoms with Crippen LogP contribution in [-0.2, 0) is 6.54 Å². The Morgan fingerprint density at radius 1 is 1.38 bits per heavy atom. The van der Waals surface area contributed by atoms with Gasteiger partial charge in [0.2, 0.25) is 0 Å². The predicted molar refractivity (Wildman–Crippen MR) is 97.7 cm³/mol. The van der Waals surface area contributed by atoms with Crippen LogP contribution in [0.5, 0.6) is 0 Å². The van der Waals surface area contributed by atoms with E-state index in [1.165, 1.54) is 6.42 Å². The molecule has 1 fully saturated rings. The Labute approximate surface area is 146 Å². The number of urea groups is 1. The van der Waals surface area contributed by atoms with Crippen LogP contribution in [0.2, 0.25) is 0 Å². The van der Waals surface area contributed by atoms with Crippen molar-refractivity contribution in [2.75, 3.05) is 26.2 Å². The van der Waals surface area contributed by atoms with E-state index in [0.29, 0.717) is 24.4 Å². The van der Waals surface area contributed by atoms with Gasteiger partial charge in [-0.1, -0.05) is 19.9 Å². The fourth-order valence-electron chi connectivity index (χ4n) is 3.19. The van der Waals surface area contributed by atoms with Crippen LogP contribution in [0.4, 0.5) is 4.79 Å². The Bertz CT molecular complexity index is 503. The third-order valence-electron chi connectivity index (χ3n) is 4.54. The average Bonchev–Trinajstić information content (AvgIpc) is 3.02. The molecule has 5 nitrogen and oxygen atoms in total.